The molecule has 1 saturated carbocycles. The number of hydrogen-bond donors (Lipinski definition) is 0. The summed E-state index contributed by atoms with van der Waals surface area (Å²) in [4.78, 5) is 20.9. The lowest BCUT2D eigenvalue weighted by Crippen LogP contribution is -2.47. The fourth-order valence-corrected chi connectivity index (χ4v) is 5.58. The Balaban J connectivity index is 1.37. The van der Waals surface area contributed by atoms with Crippen molar-refractivity contribution in [1.29, 1.82) is 0 Å². The van der Waals surface area contributed by atoms with E-state index in [9.17, 15) is 4.79 Å². The number of hydrogen-bond acceptors (Lipinski definition) is 4. The molecule has 162 valence electrons. The maximum absolute atomic E-state index is 13.3. The molecule has 0 spiro atoms. The second-order valence-corrected chi connectivity index (χ2v) is 10.2. The van der Waals surface area contributed by atoms with E-state index in [4.69, 9.17) is 23.2 Å². The zero-order valence-corrected chi connectivity index (χ0v) is 19.6. The third-order valence-corrected chi connectivity index (χ3v) is 7.91. The van der Waals surface area contributed by atoms with E-state index in [0.717, 1.165) is 54.1 Å². The highest BCUT2D eigenvalue weighted by atomic mass is 35.5. The monoisotopic (exact) mass is 473 g/mol. The molecule has 3 aliphatic rings. The summed E-state index contributed by atoms with van der Waals surface area (Å²) < 4.78 is 0. The number of carbonyl (C=O) groups excluding carboxylic acids is 1. The minimum absolute atomic E-state index is 0.0167. The molecule has 1 amide bonds. The number of halogens is 2. The first-order valence-electron chi connectivity index (χ1n) is 10.8. The van der Waals surface area contributed by atoms with Gasteiger partial charge in [0, 0.05) is 55.9 Å². The van der Waals surface area contributed by atoms with Crippen LogP contribution in [-0.2, 0) is 4.79 Å². The van der Waals surface area contributed by atoms with Crippen LogP contribution in [0.25, 0.3) is 6.08 Å². The topological polar surface area (TPSA) is 26.8 Å². The van der Waals surface area contributed by atoms with Gasteiger partial charge in [0.2, 0.25) is 0 Å². The highest BCUT2D eigenvalue weighted by Gasteiger charge is 2.31. The van der Waals surface area contributed by atoms with E-state index in [2.05, 4.69) is 34.1 Å². The average Bonchev–Trinajstić information content (AvgIpc) is 3.63. The van der Waals surface area contributed by atoms with E-state index in [-0.39, 0.29) is 5.91 Å². The molecule has 3 fully saturated rings. The Labute approximate surface area is 197 Å². The van der Waals surface area contributed by atoms with Crippen molar-refractivity contribution in [1.82, 2.24) is 4.90 Å². The van der Waals surface area contributed by atoms with Crippen molar-refractivity contribution in [3.8, 4) is 0 Å². The van der Waals surface area contributed by atoms with Crippen LogP contribution >= 0.6 is 35.0 Å². The number of amides is 1. The van der Waals surface area contributed by atoms with Gasteiger partial charge >= 0.3 is 0 Å². The van der Waals surface area contributed by atoms with Gasteiger partial charge in [-0.25, -0.2) is 0 Å². The van der Waals surface area contributed by atoms with Crippen LogP contribution in [0.5, 0.6) is 0 Å². The molecule has 1 aliphatic carbocycles. The number of piperazine rings is 1. The first-order chi connectivity index (χ1) is 15.1. The van der Waals surface area contributed by atoms with Crippen LogP contribution in [0.15, 0.2) is 47.4 Å². The lowest BCUT2D eigenvalue weighted by Gasteiger charge is -2.37. The molecule has 0 bridgehead atoms. The van der Waals surface area contributed by atoms with E-state index < -0.39 is 0 Å². The Hall–Kier alpha value is -1.66. The highest BCUT2D eigenvalue weighted by Crippen LogP contribution is 2.35. The van der Waals surface area contributed by atoms with Gasteiger partial charge in [0.15, 0.2) is 0 Å². The summed E-state index contributed by atoms with van der Waals surface area (Å²) in [6, 6.07) is 14.6. The average molecular weight is 474 g/mol. The molecule has 0 atom stereocenters. The molecule has 2 heterocycles. The van der Waals surface area contributed by atoms with Crippen molar-refractivity contribution in [3.05, 3.63) is 63.0 Å². The van der Waals surface area contributed by atoms with Gasteiger partial charge < -0.3 is 9.80 Å². The molecule has 0 aromatic heterocycles. The van der Waals surface area contributed by atoms with E-state index in [0.29, 0.717) is 16.6 Å². The predicted octanol–water partition coefficient (Wildman–Crippen LogP) is 5.40. The number of para-hydroxylation sites is 1. The van der Waals surface area contributed by atoms with Crippen molar-refractivity contribution in [2.45, 2.75) is 18.9 Å². The number of nitrogens with zero attached hydrogens (tertiary/aromatic N) is 3. The predicted molar refractivity (Wildman–Crippen MR) is 132 cm³/mol. The number of anilines is 2. The third kappa shape index (κ3) is 4.61. The molecule has 0 radical (unpaired) electrons. The summed E-state index contributed by atoms with van der Waals surface area (Å²) in [6.45, 7) is 4.96. The van der Waals surface area contributed by atoms with Crippen LogP contribution < -0.4 is 9.80 Å². The first-order valence-corrected chi connectivity index (χ1v) is 12.5. The van der Waals surface area contributed by atoms with E-state index in [1.54, 1.807) is 28.8 Å². The molecule has 31 heavy (non-hydrogen) atoms. The Kier molecular flexibility index (Phi) is 6.20. The number of benzene rings is 2. The maximum Gasteiger partial charge on any atom is 0.264 e. The van der Waals surface area contributed by atoms with Gasteiger partial charge in [-0.1, -0.05) is 41.4 Å². The van der Waals surface area contributed by atoms with Crippen LogP contribution in [0, 0.1) is 0 Å². The summed E-state index contributed by atoms with van der Waals surface area (Å²) in [5, 5.41) is 0.960. The van der Waals surface area contributed by atoms with Crippen molar-refractivity contribution < 1.29 is 4.79 Å². The lowest BCUT2D eigenvalue weighted by molar-refractivity contribution is -0.114. The zero-order valence-electron chi connectivity index (χ0n) is 17.3. The molecular formula is C24H25Cl2N3OS. The lowest BCUT2D eigenvalue weighted by atomic mass is 10.1. The van der Waals surface area contributed by atoms with E-state index in [1.807, 2.05) is 12.1 Å². The van der Waals surface area contributed by atoms with Gasteiger partial charge in [-0.15, -0.1) is 11.8 Å². The summed E-state index contributed by atoms with van der Waals surface area (Å²) in [5.41, 5.74) is 3.11. The molecule has 2 aromatic rings. The summed E-state index contributed by atoms with van der Waals surface area (Å²) in [6.07, 6.45) is 4.77. The fraction of sp³-hybridized carbons (Fsp3) is 0.375. The number of carbonyl (C=O) groups is 1. The molecule has 2 aromatic carbocycles. The standard InChI is InChI=1S/C24H25Cl2N3OS/c25-20-8-7-19(16-21(20)26)29-13-14-31-23(24(29)30)15-17-3-1-2-4-22(17)28-11-9-27(10-12-28)18-5-6-18/h1-4,7-8,15-16,18H,5-6,9-14H2. The van der Waals surface area contributed by atoms with Gasteiger partial charge in [-0.3, -0.25) is 9.69 Å². The zero-order chi connectivity index (χ0) is 21.4. The van der Waals surface area contributed by atoms with Crippen LogP contribution in [0.3, 0.4) is 0 Å². The Morgan fingerprint density at radius 1 is 0.935 bits per heavy atom. The smallest absolute Gasteiger partial charge is 0.264 e. The molecule has 7 heteroatoms. The maximum atomic E-state index is 13.3. The quantitative estimate of drug-likeness (QED) is 0.555. The summed E-state index contributed by atoms with van der Waals surface area (Å²) in [5.74, 6) is 0.864. The molecule has 0 unspecified atom stereocenters. The fourth-order valence-electron chi connectivity index (χ4n) is 4.35. The van der Waals surface area contributed by atoms with Gasteiger partial charge in [0.25, 0.3) is 5.91 Å². The molecule has 2 aliphatic heterocycles. The minimum atomic E-state index is 0.0167. The van der Waals surface area contributed by atoms with Crippen LogP contribution in [0.2, 0.25) is 10.0 Å². The normalized spacial score (nSPS) is 21.7. The minimum Gasteiger partial charge on any atom is -0.368 e. The Morgan fingerprint density at radius 3 is 2.45 bits per heavy atom. The molecule has 0 N–H and O–H groups in total. The second kappa shape index (κ2) is 9.07. The van der Waals surface area contributed by atoms with Gasteiger partial charge in [0.1, 0.15) is 0 Å². The van der Waals surface area contributed by atoms with Gasteiger partial charge in [-0.05, 0) is 48.7 Å². The molecular weight excluding hydrogens is 449 g/mol. The van der Waals surface area contributed by atoms with Crippen LogP contribution in [0.4, 0.5) is 11.4 Å². The largest absolute Gasteiger partial charge is 0.368 e. The van der Waals surface area contributed by atoms with Gasteiger partial charge in [-0.2, -0.15) is 0 Å². The van der Waals surface area contributed by atoms with Gasteiger partial charge in [0.05, 0.1) is 15.0 Å². The molecule has 5 rings (SSSR count). The van der Waals surface area contributed by atoms with Crippen molar-refractivity contribution >= 4 is 58.3 Å². The SMILES string of the molecule is O=C1C(=Cc2ccccc2N2CCN(C3CC3)CC2)SCCN1c1ccc(Cl)c(Cl)c1. The Bertz CT molecular complexity index is 1020. The Morgan fingerprint density at radius 2 is 1.71 bits per heavy atom. The summed E-state index contributed by atoms with van der Waals surface area (Å²) >= 11 is 13.9. The number of rotatable bonds is 4. The highest BCUT2D eigenvalue weighted by molar-refractivity contribution is 8.04. The first kappa shape index (κ1) is 21.2. The van der Waals surface area contributed by atoms with E-state index in [1.165, 1.54) is 18.5 Å². The van der Waals surface area contributed by atoms with E-state index >= 15 is 0 Å². The third-order valence-electron chi connectivity index (χ3n) is 6.18. The van der Waals surface area contributed by atoms with Crippen LogP contribution in [-0.4, -0.2) is 55.3 Å². The molecule has 4 nitrogen and oxygen atoms in total. The second-order valence-electron chi connectivity index (χ2n) is 8.23. The summed E-state index contributed by atoms with van der Waals surface area (Å²) in [7, 11) is 0. The number of thioether (sulfide) groups is 1. The van der Waals surface area contributed by atoms with Crippen molar-refractivity contribution in [2.24, 2.45) is 0 Å². The van der Waals surface area contributed by atoms with Crippen molar-refractivity contribution in [3.63, 3.8) is 0 Å². The van der Waals surface area contributed by atoms with Crippen molar-refractivity contribution in [2.75, 3.05) is 48.3 Å². The van der Waals surface area contributed by atoms with Crippen LogP contribution in [0.1, 0.15) is 18.4 Å². The molecule has 2 saturated heterocycles.